The quantitative estimate of drug-likeness (QED) is 0.719. The Morgan fingerprint density at radius 1 is 1.27 bits per heavy atom. The maximum atomic E-state index is 8.71. The van der Waals surface area contributed by atoms with Crippen molar-refractivity contribution in [3.05, 3.63) is 35.9 Å². The topological polar surface area (TPSA) is 47.6 Å². The van der Waals surface area contributed by atoms with Gasteiger partial charge >= 0.3 is 0 Å². The van der Waals surface area contributed by atoms with E-state index in [1.54, 1.807) is 17.8 Å². The Labute approximate surface area is 92.8 Å². The van der Waals surface area contributed by atoms with Crippen LogP contribution in [0.1, 0.15) is 5.56 Å². The third-order valence-corrected chi connectivity index (χ3v) is 3.38. The van der Waals surface area contributed by atoms with E-state index in [0.29, 0.717) is 0 Å². The van der Waals surface area contributed by atoms with Gasteiger partial charge in [0.25, 0.3) is 0 Å². The minimum absolute atomic E-state index is 0.633. The Hall–Kier alpha value is -1.71. The highest BCUT2D eigenvalue weighted by Gasteiger charge is 2.17. The molecule has 1 aliphatic rings. The predicted octanol–water partition coefficient (Wildman–Crippen LogP) is 2.84. The van der Waals surface area contributed by atoms with Gasteiger partial charge in [-0.15, -0.1) is 11.8 Å². The number of thioether (sulfide) groups is 1. The molecule has 0 radical (unpaired) electrons. The van der Waals surface area contributed by atoms with Gasteiger partial charge in [0.2, 0.25) is 0 Å². The summed E-state index contributed by atoms with van der Waals surface area (Å²) in [5, 5.41) is 17.4. The smallest absolute Gasteiger partial charge is 0.152 e. The molecule has 15 heavy (non-hydrogen) atoms. The van der Waals surface area contributed by atoms with E-state index in [0.717, 1.165) is 16.9 Å². The van der Waals surface area contributed by atoms with E-state index in [-0.39, 0.29) is 0 Å². The maximum Gasteiger partial charge on any atom is 0.152 e. The van der Waals surface area contributed by atoms with E-state index in [9.17, 15) is 0 Å². The van der Waals surface area contributed by atoms with Crippen molar-refractivity contribution in [2.75, 3.05) is 5.75 Å². The molecule has 0 aliphatic carbocycles. The van der Waals surface area contributed by atoms with Crippen LogP contribution >= 0.6 is 11.8 Å². The first-order valence-corrected chi connectivity index (χ1v) is 5.56. The molecule has 3 heteroatoms. The highest BCUT2D eigenvalue weighted by Crippen LogP contribution is 2.38. The fourth-order valence-electron chi connectivity index (χ4n) is 1.53. The van der Waals surface area contributed by atoms with Gasteiger partial charge in [0, 0.05) is 10.6 Å². The Bertz CT molecular complexity index is 477. The molecule has 1 aromatic rings. The first kappa shape index (κ1) is 9.83. The molecule has 0 saturated carbocycles. The van der Waals surface area contributed by atoms with Gasteiger partial charge in [-0.25, -0.2) is 0 Å². The summed E-state index contributed by atoms with van der Waals surface area (Å²) in [6.07, 6.45) is 1.76. The summed E-state index contributed by atoms with van der Waals surface area (Å²) in [6, 6.07) is 12.0. The summed E-state index contributed by atoms with van der Waals surface area (Å²) >= 11 is 1.75. The maximum absolute atomic E-state index is 8.71. The van der Waals surface area contributed by atoms with Gasteiger partial charge in [0.15, 0.2) is 5.92 Å². The minimum Gasteiger partial charge on any atom is -0.197 e. The number of rotatable bonds is 1. The third kappa shape index (κ3) is 1.88. The second-order valence-corrected chi connectivity index (χ2v) is 4.23. The Kier molecular flexibility index (Phi) is 2.76. The van der Waals surface area contributed by atoms with Crippen molar-refractivity contribution >= 4 is 17.3 Å². The molecule has 2 rings (SSSR count). The normalized spacial score (nSPS) is 16.1. The lowest BCUT2D eigenvalue weighted by Gasteiger charge is -1.98. The van der Waals surface area contributed by atoms with Crippen LogP contribution in [0.25, 0.3) is 5.57 Å². The molecule has 0 bridgehead atoms. The van der Waals surface area contributed by atoms with Gasteiger partial charge < -0.3 is 0 Å². The number of nitrogens with zero attached hydrogens (tertiary/aromatic N) is 2. The molecule has 0 fully saturated rings. The van der Waals surface area contributed by atoms with Crippen molar-refractivity contribution in [1.82, 2.24) is 0 Å². The minimum atomic E-state index is -0.633. The Balaban J connectivity index is 2.37. The highest BCUT2D eigenvalue weighted by atomic mass is 32.2. The van der Waals surface area contributed by atoms with Crippen molar-refractivity contribution in [2.24, 2.45) is 5.92 Å². The second kappa shape index (κ2) is 4.21. The van der Waals surface area contributed by atoms with Crippen LogP contribution in [-0.2, 0) is 0 Å². The Morgan fingerprint density at radius 3 is 2.73 bits per heavy atom. The zero-order valence-corrected chi connectivity index (χ0v) is 8.79. The first-order chi connectivity index (χ1) is 7.35. The standard InChI is InChI=1S/C12H8N2S/c13-6-9(7-14)5-10-8-15-12-4-2-1-3-11(10)12/h1-5,9H,8H2. The van der Waals surface area contributed by atoms with Gasteiger partial charge in [0.1, 0.15) is 0 Å². The van der Waals surface area contributed by atoms with Gasteiger partial charge in [-0.1, -0.05) is 18.2 Å². The van der Waals surface area contributed by atoms with Crippen molar-refractivity contribution in [3.8, 4) is 12.1 Å². The number of allylic oxidation sites excluding steroid dienone is 1. The molecule has 1 heterocycles. The zero-order chi connectivity index (χ0) is 10.7. The molecular weight excluding hydrogens is 204 g/mol. The summed E-state index contributed by atoms with van der Waals surface area (Å²) in [4.78, 5) is 1.23. The van der Waals surface area contributed by atoms with Gasteiger partial charge in [0.05, 0.1) is 12.1 Å². The zero-order valence-electron chi connectivity index (χ0n) is 7.97. The van der Waals surface area contributed by atoms with Gasteiger partial charge in [-0.05, 0) is 23.3 Å². The number of benzene rings is 1. The molecular formula is C12H8N2S. The second-order valence-electron chi connectivity index (χ2n) is 3.21. The van der Waals surface area contributed by atoms with E-state index in [1.807, 2.05) is 30.3 Å². The molecule has 0 aromatic heterocycles. The van der Waals surface area contributed by atoms with Crippen molar-refractivity contribution < 1.29 is 0 Å². The van der Waals surface area contributed by atoms with E-state index in [1.165, 1.54) is 4.90 Å². The summed E-state index contributed by atoms with van der Waals surface area (Å²) in [7, 11) is 0. The molecule has 2 nitrogen and oxygen atoms in total. The van der Waals surface area contributed by atoms with Crippen LogP contribution in [-0.4, -0.2) is 5.75 Å². The van der Waals surface area contributed by atoms with Crippen LogP contribution in [0.5, 0.6) is 0 Å². The molecule has 0 saturated heterocycles. The first-order valence-electron chi connectivity index (χ1n) is 4.57. The summed E-state index contributed by atoms with van der Waals surface area (Å²) in [6.45, 7) is 0. The molecule has 1 aliphatic heterocycles. The number of hydrogen-bond donors (Lipinski definition) is 0. The fourth-order valence-corrected chi connectivity index (χ4v) is 2.63. The van der Waals surface area contributed by atoms with Crippen molar-refractivity contribution in [3.63, 3.8) is 0 Å². The van der Waals surface area contributed by atoms with Crippen molar-refractivity contribution in [1.29, 1.82) is 10.5 Å². The Morgan fingerprint density at radius 2 is 2.00 bits per heavy atom. The van der Waals surface area contributed by atoms with Crippen LogP contribution in [0.3, 0.4) is 0 Å². The van der Waals surface area contributed by atoms with E-state index >= 15 is 0 Å². The van der Waals surface area contributed by atoms with Crippen molar-refractivity contribution in [2.45, 2.75) is 4.90 Å². The lowest BCUT2D eigenvalue weighted by Crippen LogP contribution is -1.90. The van der Waals surface area contributed by atoms with Crippen LogP contribution in [0.4, 0.5) is 0 Å². The molecule has 0 N–H and O–H groups in total. The van der Waals surface area contributed by atoms with Crippen LogP contribution in [0.2, 0.25) is 0 Å². The number of nitriles is 2. The predicted molar refractivity (Wildman–Crippen MR) is 59.9 cm³/mol. The van der Waals surface area contributed by atoms with E-state index < -0.39 is 5.92 Å². The lowest BCUT2D eigenvalue weighted by atomic mass is 10.0. The molecule has 72 valence electrons. The fraction of sp³-hybridized carbons (Fsp3) is 0.167. The number of fused-ring (bicyclic) bond motifs is 1. The molecule has 0 amide bonds. The van der Waals surface area contributed by atoms with Crippen LogP contribution in [0, 0.1) is 28.6 Å². The molecule has 0 spiro atoms. The third-order valence-electron chi connectivity index (χ3n) is 2.26. The van der Waals surface area contributed by atoms with Crippen LogP contribution < -0.4 is 0 Å². The van der Waals surface area contributed by atoms with E-state index in [2.05, 4.69) is 6.07 Å². The highest BCUT2D eigenvalue weighted by molar-refractivity contribution is 8.00. The van der Waals surface area contributed by atoms with Crippen LogP contribution in [0.15, 0.2) is 35.2 Å². The largest absolute Gasteiger partial charge is 0.197 e. The number of hydrogen-bond acceptors (Lipinski definition) is 3. The van der Waals surface area contributed by atoms with Gasteiger partial charge in [-0.3, -0.25) is 0 Å². The lowest BCUT2D eigenvalue weighted by molar-refractivity contribution is 1.09. The summed E-state index contributed by atoms with van der Waals surface area (Å²) in [5.74, 6) is 0.228. The average Bonchev–Trinajstić information content (AvgIpc) is 2.69. The monoisotopic (exact) mass is 212 g/mol. The molecule has 0 atom stereocenters. The SMILES string of the molecule is N#CC(C#N)C=C1CSc2ccccc21. The summed E-state index contributed by atoms with van der Waals surface area (Å²) < 4.78 is 0. The molecule has 0 unspecified atom stereocenters. The van der Waals surface area contributed by atoms with Gasteiger partial charge in [-0.2, -0.15) is 10.5 Å². The molecule has 1 aromatic carbocycles. The average molecular weight is 212 g/mol. The summed E-state index contributed by atoms with van der Waals surface area (Å²) in [5.41, 5.74) is 2.27. The van der Waals surface area contributed by atoms with E-state index in [4.69, 9.17) is 10.5 Å².